The van der Waals surface area contributed by atoms with Gasteiger partial charge in [0.05, 0.1) is 0 Å². The zero-order chi connectivity index (χ0) is 16.3. The molecule has 4 nitrogen and oxygen atoms in total. The molecule has 2 rings (SSSR count). The van der Waals surface area contributed by atoms with E-state index in [2.05, 4.69) is 10.3 Å². The van der Waals surface area contributed by atoms with Gasteiger partial charge in [0.25, 0.3) is 11.5 Å². The van der Waals surface area contributed by atoms with Crippen LogP contribution in [0.15, 0.2) is 35.1 Å². The zero-order valence-corrected chi connectivity index (χ0v) is 12.2. The molecule has 2 N–H and O–H groups in total. The molecular formula is C16H16F2N2O2. The van der Waals surface area contributed by atoms with Crippen molar-refractivity contribution in [3.8, 4) is 0 Å². The summed E-state index contributed by atoms with van der Waals surface area (Å²) < 4.78 is 27.1. The van der Waals surface area contributed by atoms with Crippen LogP contribution >= 0.6 is 0 Å². The highest BCUT2D eigenvalue weighted by atomic mass is 19.1. The van der Waals surface area contributed by atoms with Crippen molar-refractivity contribution >= 4 is 5.91 Å². The van der Waals surface area contributed by atoms with Crippen molar-refractivity contribution < 1.29 is 13.6 Å². The fourth-order valence-corrected chi connectivity index (χ4v) is 2.14. The van der Waals surface area contributed by atoms with E-state index < -0.39 is 29.1 Å². The van der Waals surface area contributed by atoms with Crippen LogP contribution in [0.2, 0.25) is 0 Å². The Hall–Kier alpha value is -2.50. The highest BCUT2D eigenvalue weighted by Crippen LogP contribution is 2.14. The smallest absolute Gasteiger partial charge is 0.260 e. The quantitative estimate of drug-likeness (QED) is 0.910. The van der Waals surface area contributed by atoms with Gasteiger partial charge in [-0.2, -0.15) is 0 Å². The summed E-state index contributed by atoms with van der Waals surface area (Å²) in [5.74, 6) is -1.89. The van der Waals surface area contributed by atoms with Crippen molar-refractivity contribution in [2.24, 2.45) is 0 Å². The lowest BCUT2D eigenvalue weighted by Crippen LogP contribution is -2.37. The van der Waals surface area contributed by atoms with Crippen LogP contribution in [0.5, 0.6) is 0 Å². The third kappa shape index (κ3) is 3.58. The molecule has 0 aliphatic heterocycles. The van der Waals surface area contributed by atoms with Crippen LogP contribution in [-0.2, 0) is 6.42 Å². The molecule has 0 radical (unpaired) electrons. The Morgan fingerprint density at radius 1 is 1.23 bits per heavy atom. The number of hydrogen-bond acceptors (Lipinski definition) is 2. The molecule has 1 amide bonds. The molecule has 1 aromatic carbocycles. The molecule has 6 heteroatoms. The summed E-state index contributed by atoms with van der Waals surface area (Å²) in [4.78, 5) is 26.2. The van der Waals surface area contributed by atoms with Crippen molar-refractivity contribution in [1.29, 1.82) is 0 Å². The molecule has 116 valence electrons. The zero-order valence-electron chi connectivity index (χ0n) is 12.2. The van der Waals surface area contributed by atoms with Gasteiger partial charge in [-0.15, -0.1) is 0 Å². The van der Waals surface area contributed by atoms with Gasteiger partial charge in [-0.1, -0.05) is 6.07 Å². The number of halogens is 2. The standard InChI is InChI=1S/C16H16F2N2O2/c1-9-6-7-11(15(21)19-9)16(22)20-10(2)8-12-13(17)4-3-5-14(12)18/h3-7,10H,8H2,1-2H3,(H,19,21)(H,20,22). The molecule has 1 heterocycles. The molecule has 1 aromatic heterocycles. The van der Waals surface area contributed by atoms with Gasteiger partial charge in [0, 0.05) is 17.3 Å². The number of aromatic amines is 1. The second-order valence-electron chi connectivity index (χ2n) is 5.16. The number of aryl methyl sites for hydroxylation is 1. The first kappa shape index (κ1) is 15.9. The fourth-order valence-electron chi connectivity index (χ4n) is 2.14. The van der Waals surface area contributed by atoms with Gasteiger partial charge < -0.3 is 10.3 Å². The van der Waals surface area contributed by atoms with Crippen LogP contribution < -0.4 is 10.9 Å². The molecule has 0 aliphatic carbocycles. The van der Waals surface area contributed by atoms with E-state index in [0.29, 0.717) is 5.69 Å². The second-order valence-corrected chi connectivity index (χ2v) is 5.16. The van der Waals surface area contributed by atoms with Crippen molar-refractivity contribution in [3.05, 3.63) is 69.1 Å². The first-order valence-corrected chi connectivity index (χ1v) is 6.82. The Morgan fingerprint density at radius 3 is 2.45 bits per heavy atom. The lowest BCUT2D eigenvalue weighted by molar-refractivity contribution is 0.0938. The van der Waals surface area contributed by atoms with Crippen molar-refractivity contribution in [2.45, 2.75) is 26.3 Å². The number of rotatable bonds is 4. The topological polar surface area (TPSA) is 62.0 Å². The maximum atomic E-state index is 13.6. The molecule has 1 unspecified atom stereocenters. The highest BCUT2D eigenvalue weighted by molar-refractivity contribution is 5.93. The number of carbonyl (C=O) groups excluding carboxylic acids is 1. The third-order valence-corrected chi connectivity index (χ3v) is 3.25. The van der Waals surface area contributed by atoms with E-state index >= 15 is 0 Å². The Morgan fingerprint density at radius 2 is 1.86 bits per heavy atom. The van der Waals surface area contributed by atoms with Crippen molar-refractivity contribution in [1.82, 2.24) is 10.3 Å². The summed E-state index contributed by atoms with van der Waals surface area (Å²) in [6.07, 6.45) is -0.00594. The Balaban J connectivity index is 2.10. The molecule has 0 saturated heterocycles. The minimum atomic E-state index is -0.658. The van der Waals surface area contributed by atoms with Gasteiger partial charge in [-0.05, 0) is 44.5 Å². The Labute approximate surface area is 126 Å². The van der Waals surface area contributed by atoms with E-state index in [0.717, 1.165) is 12.1 Å². The van der Waals surface area contributed by atoms with E-state index in [4.69, 9.17) is 0 Å². The molecule has 0 bridgehead atoms. The minimum absolute atomic E-state index is 0.00594. The number of hydrogen-bond donors (Lipinski definition) is 2. The molecule has 2 aromatic rings. The van der Waals surface area contributed by atoms with Gasteiger partial charge in [-0.3, -0.25) is 9.59 Å². The van der Waals surface area contributed by atoms with Crippen LogP contribution in [0.25, 0.3) is 0 Å². The van der Waals surface area contributed by atoms with Crippen LogP contribution in [0.3, 0.4) is 0 Å². The molecule has 0 saturated carbocycles. The maximum absolute atomic E-state index is 13.6. The number of pyridine rings is 1. The van der Waals surface area contributed by atoms with E-state index in [9.17, 15) is 18.4 Å². The van der Waals surface area contributed by atoms with Gasteiger partial charge in [0.1, 0.15) is 17.2 Å². The van der Waals surface area contributed by atoms with Crippen LogP contribution in [0, 0.1) is 18.6 Å². The average molecular weight is 306 g/mol. The molecule has 0 spiro atoms. The van der Waals surface area contributed by atoms with Gasteiger partial charge in [0.2, 0.25) is 0 Å². The fraction of sp³-hybridized carbons (Fsp3) is 0.250. The van der Waals surface area contributed by atoms with Crippen LogP contribution in [-0.4, -0.2) is 16.9 Å². The second kappa shape index (κ2) is 6.51. The first-order valence-electron chi connectivity index (χ1n) is 6.82. The van der Waals surface area contributed by atoms with Crippen LogP contribution in [0.4, 0.5) is 8.78 Å². The number of H-pyrrole nitrogens is 1. The maximum Gasteiger partial charge on any atom is 0.260 e. The first-order chi connectivity index (χ1) is 10.4. The predicted molar refractivity (Wildman–Crippen MR) is 78.8 cm³/mol. The van der Waals surface area contributed by atoms with E-state index in [-0.39, 0.29) is 17.5 Å². The van der Waals surface area contributed by atoms with E-state index in [1.807, 2.05) is 0 Å². The normalized spacial score (nSPS) is 12.0. The Bertz CT molecular complexity index is 736. The molecule has 0 fully saturated rings. The molecular weight excluding hydrogens is 290 g/mol. The monoisotopic (exact) mass is 306 g/mol. The largest absolute Gasteiger partial charge is 0.349 e. The molecule has 0 aliphatic rings. The minimum Gasteiger partial charge on any atom is -0.349 e. The summed E-state index contributed by atoms with van der Waals surface area (Å²) in [5.41, 5.74) is 0.0179. The van der Waals surface area contributed by atoms with Gasteiger partial charge in [0.15, 0.2) is 0 Å². The average Bonchev–Trinajstić information content (AvgIpc) is 2.42. The molecule has 1 atom stereocenters. The summed E-state index contributed by atoms with van der Waals surface area (Å²) in [5, 5.41) is 2.57. The number of amides is 1. The van der Waals surface area contributed by atoms with E-state index in [1.165, 1.54) is 12.1 Å². The summed E-state index contributed by atoms with van der Waals surface area (Å²) in [6.45, 7) is 3.32. The summed E-state index contributed by atoms with van der Waals surface area (Å²) in [7, 11) is 0. The third-order valence-electron chi connectivity index (χ3n) is 3.25. The van der Waals surface area contributed by atoms with E-state index in [1.54, 1.807) is 19.9 Å². The number of carbonyl (C=O) groups is 1. The lowest BCUT2D eigenvalue weighted by Gasteiger charge is -2.14. The SMILES string of the molecule is Cc1ccc(C(=O)NC(C)Cc2c(F)cccc2F)c(=O)[nH]1. The number of nitrogens with one attached hydrogen (secondary N) is 2. The van der Waals surface area contributed by atoms with Gasteiger partial charge in [-0.25, -0.2) is 8.78 Å². The van der Waals surface area contributed by atoms with Crippen molar-refractivity contribution in [2.75, 3.05) is 0 Å². The molecule has 22 heavy (non-hydrogen) atoms. The summed E-state index contributed by atoms with van der Waals surface area (Å²) >= 11 is 0. The number of benzene rings is 1. The van der Waals surface area contributed by atoms with Gasteiger partial charge >= 0.3 is 0 Å². The number of aromatic nitrogens is 1. The lowest BCUT2D eigenvalue weighted by atomic mass is 10.1. The van der Waals surface area contributed by atoms with Crippen LogP contribution in [0.1, 0.15) is 28.5 Å². The Kier molecular flexibility index (Phi) is 4.70. The summed E-state index contributed by atoms with van der Waals surface area (Å²) in [6, 6.07) is 6.11. The van der Waals surface area contributed by atoms with Crippen molar-refractivity contribution in [3.63, 3.8) is 0 Å². The predicted octanol–water partition coefficient (Wildman–Crippen LogP) is 2.32. The highest BCUT2D eigenvalue weighted by Gasteiger charge is 2.16.